The van der Waals surface area contributed by atoms with E-state index in [1.807, 2.05) is 0 Å². The van der Waals surface area contributed by atoms with Gasteiger partial charge in [-0.3, -0.25) is 0 Å². The third kappa shape index (κ3) is 2.35. The lowest BCUT2D eigenvalue weighted by molar-refractivity contribution is 0.401. The third-order valence-electron chi connectivity index (χ3n) is 2.23. The van der Waals surface area contributed by atoms with Crippen LogP contribution in [0.15, 0.2) is 33.4 Å². The summed E-state index contributed by atoms with van der Waals surface area (Å²) in [6.07, 6.45) is -0.376. The van der Waals surface area contributed by atoms with Crippen molar-refractivity contribution in [1.82, 2.24) is 11.0 Å². The summed E-state index contributed by atoms with van der Waals surface area (Å²) in [6.45, 7) is 0. The van der Waals surface area contributed by atoms with E-state index in [1.54, 1.807) is 12.1 Å². The Labute approximate surface area is 97.9 Å². The molecule has 0 bridgehead atoms. The van der Waals surface area contributed by atoms with Crippen LogP contribution in [0.3, 0.4) is 0 Å². The molecule has 4 N–H and O–H groups in total. The minimum atomic E-state index is -3.80. The van der Waals surface area contributed by atoms with Crippen LogP contribution in [0.1, 0.15) is 11.7 Å². The molecule has 1 aliphatic heterocycles. The molecule has 0 fully saturated rings. The van der Waals surface area contributed by atoms with Gasteiger partial charge < -0.3 is 4.74 Å². The van der Waals surface area contributed by atoms with Gasteiger partial charge in [-0.25, -0.2) is 19.1 Å². The van der Waals surface area contributed by atoms with Gasteiger partial charge in [-0.15, -0.1) is 5.11 Å². The number of hydrogen-bond acceptors (Lipinski definition) is 7. The van der Waals surface area contributed by atoms with Crippen LogP contribution in [-0.4, -0.2) is 15.5 Å². The van der Waals surface area contributed by atoms with E-state index in [4.69, 9.17) is 9.88 Å². The number of primary sulfonamides is 1. The lowest BCUT2D eigenvalue weighted by Crippen LogP contribution is -2.24. The van der Waals surface area contributed by atoms with Crippen molar-refractivity contribution in [2.24, 2.45) is 15.5 Å². The van der Waals surface area contributed by atoms with Crippen LogP contribution in [0.5, 0.6) is 5.75 Å². The van der Waals surface area contributed by atoms with Crippen molar-refractivity contribution in [2.75, 3.05) is 7.11 Å². The van der Waals surface area contributed by atoms with E-state index in [-0.39, 0.29) is 16.8 Å². The maximum Gasteiger partial charge on any atom is 0.241 e. The molecule has 1 atom stereocenters. The highest BCUT2D eigenvalue weighted by Gasteiger charge is 2.19. The van der Waals surface area contributed by atoms with Gasteiger partial charge in [0.05, 0.1) is 7.11 Å². The average Bonchev–Trinajstić information content (AvgIpc) is 2.80. The van der Waals surface area contributed by atoms with Crippen molar-refractivity contribution in [3.8, 4) is 5.75 Å². The van der Waals surface area contributed by atoms with Crippen molar-refractivity contribution < 1.29 is 13.2 Å². The molecule has 1 aliphatic rings. The zero-order chi connectivity index (χ0) is 12.5. The summed E-state index contributed by atoms with van der Waals surface area (Å²) in [4.78, 5) is -0.0633. The van der Waals surface area contributed by atoms with Gasteiger partial charge in [0.1, 0.15) is 10.6 Å². The summed E-state index contributed by atoms with van der Waals surface area (Å²) in [5.41, 5.74) is 5.95. The summed E-state index contributed by atoms with van der Waals surface area (Å²) in [5.74, 6) is 0.175. The van der Waals surface area contributed by atoms with Gasteiger partial charge in [-0.2, -0.15) is 5.43 Å². The van der Waals surface area contributed by atoms with Gasteiger partial charge in [0.2, 0.25) is 10.0 Å². The number of nitrogens with one attached hydrogen (secondary N) is 2. The van der Waals surface area contributed by atoms with E-state index in [0.717, 1.165) is 0 Å². The zero-order valence-corrected chi connectivity index (χ0v) is 9.73. The minimum absolute atomic E-state index is 0.0633. The number of methoxy groups -OCH3 is 1. The van der Waals surface area contributed by atoms with Crippen LogP contribution in [0, 0.1) is 0 Å². The van der Waals surface area contributed by atoms with Gasteiger partial charge >= 0.3 is 0 Å². The van der Waals surface area contributed by atoms with Gasteiger partial charge in [-0.1, -0.05) is 11.3 Å². The first kappa shape index (κ1) is 11.8. The number of ether oxygens (including phenoxy) is 1. The maximum absolute atomic E-state index is 11.3. The van der Waals surface area contributed by atoms with Gasteiger partial charge in [-0.05, 0) is 17.7 Å². The Balaban J connectivity index is 2.44. The van der Waals surface area contributed by atoms with Crippen molar-refractivity contribution in [3.63, 3.8) is 0 Å². The van der Waals surface area contributed by atoms with Crippen LogP contribution in [0.2, 0.25) is 0 Å². The van der Waals surface area contributed by atoms with E-state index in [1.165, 1.54) is 13.2 Å². The highest BCUT2D eigenvalue weighted by molar-refractivity contribution is 7.89. The molecule has 0 saturated carbocycles. The molecule has 17 heavy (non-hydrogen) atoms. The average molecular weight is 257 g/mol. The van der Waals surface area contributed by atoms with Crippen LogP contribution < -0.4 is 20.8 Å². The zero-order valence-electron chi connectivity index (χ0n) is 8.91. The molecule has 0 amide bonds. The van der Waals surface area contributed by atoms with E-state index in [0.29, 0.717) is 5.56 Å². The lowest BCUT2D eigenvalue weighted by atomic mass is 10.2. The first-order chi connectivity index (χ1) is 8.02. The largest absolute Gasteiger partial charge is 0.495 e. The molecule has 9 heteroatoms. The maximum atomic E-state index is 11.3. The first-order valence-corrected chi connectivity index (χ1v) is 6.18. The molecule has 1 aromatic carbocycles. The van der Waals surface area contributed by atoms with E-state index in [9.17, 15) is 8.42 Å². The second-order valence-corrected chi connectivity index (χ2v) is 4.86. The predicted molar refractivity (Wildman–Crippen MR) is 58.2 cm³/mol. The quantitative estimate of drug-likeness (QED) is 0.694. The number of rotatable bonds is 3. The SMILES string of the molecule is COc1cc(C2N=NNN2)ccc1S(N)(=O)=O. The minimum Gasteiger partial charge on any atom is -0.495 e. The Hall–Kier alpha value is -1.71. The lowest BCUT2D eigenvalue weighted by Gasteiger charge is -2.11. The molecular weight excluding hydrogens is 246 g/mol. The van der Waals surface area contributed by atoms with Crippen LogP contribution in [0.25, 0.3) is 0 Å². The Kier molecular flexibility index (Phi) is 2.96. The molecule has 0 aromatic heterocycles. The number of nitrogens with zero attached hydrogens (tertiary/aromatic N) is 2. The molecule has 2 rings (SSSR count). The highest BCUT2D eigenvalue weighted by atomic mass is 32.2. The fraction of sp³-hybridized carbons (Fsp3) is 0.250. The van der Waals surface area contributed by atoms with Crippen LogP contribution in [0.4, 0.5) is 0 Å². The molecule has 0 radical (unpaired) electrons. The van der Waals surface area contributed by atoms with Crippen molar-refractivity contribution in [2.45, 2.75) is 11.1 Å². The van der Waals surface area contributed by atoms with Crippen molar-refractivity contribution in [1.29, 1.82) is 0 Å². The Morgan fingerprint density at radius 3 is 2.76 bits per heavy atom. The standard InChI is InChI=1S/C8H11N5O3S/c1-16-6-4-5(8-10-12-13-11-8)2-3-7(6)17(9,14)15/h2-4,8H,1H3,(H,10,13)(H,11,12)(H2,9,14,15). The molecule has 0 spiro atoms. The molecule has 8 nitrogen and oxygen atoms in total. The number of benzene rings is 1. The monoisotopic (exact) mass is 257 g/mol. The van der Waals surface area contributed by atoms with Crippen LogP contribution >= 0.6 is 0 Å². The number of sulfonamides is 1. The van der Waals surface area contributed by atoms with Gasteiger partial charge in [0.25, 0.3) is 0 Å². The molecule has 0 saturated heterocycles. The Morgan fingerprint density at radius 1 is 1.47 bits per heavy atom. The van der Waals surface area contributed by atoms with Gasteiger partial charge in [0, 0.05) is 0 Å². The molecule has 1 aromatic rings. The number of nitrogens with two attached hydrogens (primary N) is 1. The second kappa shape index (κ2) is 4.28. The summed E-state index contributed by atoms with van der Waals surface area (Å²) in [7, 11) is -2.43. The fourth-order valence-corrected chi connectivity index (χ4v) is 2.13. The second-order valence-electron chi connectivity index (χ2n) is 3.33. The molecule has 92 valence electrons. The van der Waals surface area contributed by atoms with Crippen molar-refractivity contribution >= 4 is 10.0 Å². The summed E-state index contributed by atoms with van der Waals surface area (Å²) in [5, 5.41) is 12.4. The smallest absolute Gasteiger partial charge is 0.241 e. The number of hydrogen-bond donors (Lipinski definition) is 3. The van der Waals surface area contributed by atoms with E-state index < -0.39 is 10.0 Å². The summed E-state index contributed by atoms with van der Waals surface area (Å²) < 4.78 is 27.5. The third-order valence-corrected chi connectivity index (χ3v) is 3.18. The Bertz CT molecular complexity index is 556. The normalized spacial score (nSPS) is 19.1. The first-order valence-electron chi connectivity index (χ1n) is 4.63. The van der Waals surface area contributed by atoms with E-state index in [2.05, 4.69) is 21.3 Å². The van der Waals surface area contributed by atoms with Gasteiger partial charge in [0.15, 0.2) is 6.17 Å². The predicted octanol–water partition coefficient (Wildman–Crippen LogP) is -0.184. The summed E-state index contributed by atoms with van der Waals surface area (Å²) >= 11 is 0. The molecule has 1 unspecified atom stereocenters. The molecular formula is C8H11N5O3S. The Morgan fingerprint density at radius 2 is 2.24 bits per heavy atom. The van der Waals surface area contributed by atoms with Crippen LogP contribution in [-0.2, 0) is 10.0 Å². The van der Waals surface area contributed by atoms with E-state index >= 15 is 0 Å². The van der Waals surface area contributed by atoms with Crippen molar-refractivity contribution in [3.05, 3.63) is 23.8 Å². The topological polar surface area (TPSA) is 118 Å². The highest BCUT2D eigenvalue weighted by Crippen LogP contribution is 2.27. The number of hydrazine groups is 1. The molecule has 0 aliphatic carbocycles. The fourth-order valence-electron chi connectivity index (χ4n) is 1.44. The molecule has 1 heterocycles. The summed E-state index contributed by atoms with van der Waals surface area (Å²) in [6, 6.07) is 4.51.